The molecule has 32 heavy (non-hydrogen) atoms. The lowest BCUT2D eigenvalue weighted by Gasteiger charge is -2.30. The van der Waals surface area contributed by atoms with Crippen molar-refractivity contribution in [1.29, 1.82) is 0 Å². The molecular formula is C24H35N3O4S. The number of unbranched alkanes of at least 4 members (excludes halogenated alkanes) is 5. The van der Waals surface area contributed by atoms with E-state index in [9.17, 15) is 13.2 Å². The summed E-state index contributed by atoms with van der Waals surface area (Å²) in [6.07, 6.45) is 9.99. The van der Waals surface area contributed by atoms with Gasteiger partial charge in [-0.15, -0.1) is 0 Å². The van der Waals surface area contributed by atoms with Crippen LogP contribution in [0.4, 0.5) is 0 Å². The van der Waals surface area contributed by atoms with E-state index in [1.165, 1.54) is 30.0 Å². The van der Waals surface area contributed by atoms with Crippen LogP contribution in [0.25, 0.3) is 11.4 Å². The average molecular weight is 462 g/mol. The lowest BCUT2D eigenvalue weighted by Crippen LogP contribution is -2.38. The van der Waals surface area contributed by atoms with Gasteiger partial charge in [-0.2, -0.15) is 9.29 Å². The molecule has 0 atom stereocenters. The van der Waals surface area contributed by atoms with Gasteiger partial charge in [0, 0.05) is 31.5 Å². The third-order valence-corrected chi connectivity index (χ3v) is 8.03. The molecule has 8 heteroatoms. The zero-order chi connectivity index (χ0) is 23.0. The topological polar surface area (TPSA) is 93.4 Å². The Bertz CT molecular complexity index is 961. The molecule has 0 spiro atoms. The molecule has 7 nitrogen and oxygen atoms in total. The number of rotatable bonds is 12. The minimum atomic E-state index is -3.55. The number of sulfonamides is 1. The number of piperidine rings is 1. The Morgan fingerprint density at radius 3 is 2.38 bits per heavy atom. The van der Waals surface area contributed by atoms with Crippen LogP contribution in [0.3, 0.4) is 0 Å². The first-order chi connectivity index (χ1) is 15.4. The summed E-state index contributed by atoms with van der Waals surface area (Å²) < 4.78 is 32.9. The van der Waals surface area contributed by atoms with Crippen LogP contribution >= 0.6 is 0 Å². The van der Waals surface area contributed by atoms with Gasteiger partial charge in [0.15, 0.2) is 0 Å². The van der Waals surface area contributed by atoms with Crippen molar-refractivity contribution in [2.75, 3.05) is 13.1 Å². The molecule has 0 saturated carbocycles. The second-order valence-electron chi connectivity index (χ2n) is 8.81. The number of carbonyl (C=O) groups is 1. The Balaban J connectivity index is 1.54. The number of Topliss-reactive ketones (excluding diaryl/α,β-unsaturated/α-hetero) is 1. The van der Waals surface area contributed by atoms with E-state index in [0.717, 1.165) is 37.7 Å². The van der Waals surface area contributed by atoms with E-state index < -0.39 is 10.0 Å². The number of aryl methyl sites for hydroxylation is 1. The van der Waals surface area contributed by atoms with Crippen molar-refractivity contribution in [1.82, 2.24) is 14.4 Å². The summed E-state index contributed by atoms with van der Waals surface area (Å²) in [5, 5.41) is 4.05. The smallest absolute Gasteiger partial charge is 0.243 e. The van der Waals surface area contributed by atoms with Crippen molar-refractivity contribution in [3.05, 3.63) is 30.2 Å². The fourth-order valence-electron chi connectivity index (χ4n) is 4.22. The van der Waals surface area contributed by atoms with Crippen molar-refractivity contribution in [2.24, 2.45) is 5.92 Å². The Kier molecular flexibility index (Phi) is 8.99. The first kappa shape index (κ1) is 24.6. The van der Waals surface area contributed by atoms with Gasteiger partial charge in [-0.25, -0.2) is 8.42 Å². The standard InChI is InChI=1S/C24H35N3O4S/c1-3-4-5-6-7-8-9-23-25-24(26-31-23)21-10-12-22(13-11-21)32(29,30)27-16-14-20(15-17-27)18-19(2)28/h10-13,20H,3-9,14-18H2,1-2H3. The molecular weight excluding hydrogens is 426 g/mol. The van der Waals surface area contributed by atoms with Crippen LogP contribution in [0.1, 0.15) is 77.5 Å². The minimum absolute atomic E-state index is 0.165. The summed E-state index contributed by atoms with van der Waals surface area (Å²) >= 11 is 0. The fraction of sp³-hybridized carbons (Fsp3) is 0.625. The van der Waals surface area contributed by atoms with Crippen LogP contribution in [-0.4, -0.2) is 41.7 Å². The first-order valence-electron chi connectivity index (χ1n) is 11.8. The van der Waals surface area contributed by atoms with Gasteiger partial charge in [-0.1, -0.05) is 44.2 Å². The number of carbonyl (C=O) groups excluding carboxylic acids is 1. The minimum Gasteiger partial charge on any atom is -0.339 e. The van der Waals surface area contributed by atoms with Crippen LogP contribution in [-0.2, 0) is 21.2 Å². The largest absolute Gasteiger partial charge is 0.339 e. The maximum atomic E-state index is 13.0. The number of benzene rings is 1. The summed E-state index contributed by atoms with van der Waals surface area (Å²) in [6.45, 7) is 4.71. The van der Waals surface area contributed by atoms with Crippen molar-refractivity contribution in [3.8, 4) is 11.4 Å². The molecule has 0 aliphatic carbocycles. The Morgan fingerprint density at radius 1 is 1.06 bits per heavy atom. The molecule has 1 saturated heterocycles. The average Bonchev–Trinajstić information content (AvgIpc) is 3.25. The van der Waals surface area contributed by atoms with Crippen molar-refractivity contribution < 1.29 is 17.7 Å². The summed E-state index contributed by atoms with van der Waals surface area (Å²) in [6, 6.07) is 6.68. The highest BCUT2D eigenvalue weighted by atomic mass is 32.2. The summed E-state index contributed by atoms with van der Waals surface area (Å²) in [4.78, 5) is 16.0. The molecule has 1 aliphatic rings. The van der Waals surface area contributed by atoms with E-state index in [2.05, 4.69) is 17.1 Å². The van der Waals surface area contributed by atoms with Crippen LogP contribution in [0.15, 0.2) is 33.7 Å². The Morgan fingerprint density at radius 2 is 1.72 bits per heavy atom. The number of nitrogens with zero attached hydrogens (tertiary/aromatic N) is 3. The van der Waals surface area contributed by atoms with E-state index in [1.807, 2.05) is 0 Å². The Hall–Kier alpha value is -2.06. The van der Waals surface area contributed by atoms with Gasteiger partial charge >= 0.3 is 0 Å². The normalized spacial score (nSPS) is 15.8. The quantitative estimate of drug-likeness (QED) is 0.412. The van der Waals surface area contributed by atoms with Gasteiger partial charge < -0.3 is 9.32 Å². The zero-order valence-electron chi connectivity index (χ0n) is 19.3. The van der Waals surface area contributed by atoms with Gasteiger partial charge in [-0.05, 0) is 56.4 Å². The SMILES string of the molecule is CCCCCCCCc1nc(-c2ccc(S(=O)(=O)N3CCC(CC(C)=O)CC3)cc2)no1. The number of aromatic nitrogens is 2. The lowest BCUT2D eigenvalue weighted by molar-refractivity contribution is -0.118. The molecule has 0 N–H and O–H groups in total. The molecule has 0 bridgehead atoms. The van der Waals surface area contributed by atoms with E-state index in [4.69, 9.17) is 4.52 Å². The third kappa shape index (κ3) is 6.72. The maximum Gasteiger partial charge on any atom is 0.243 e. The summed E-state index contributed by atoms with van der Waals surface area (Å²) in [5.74, 6) is 1.56. The highest BCUT2D eigenvalue weighted by Gasteiger charge is 2.29. The van der Waals surface area contributed by atoms with E-state index in [-0.39, 0.29) is 16.6 Å². The van der Waals surface area contributed by atoms with E-state index >= 15 is 0 Å². The molecule has 176 valence electrons. The molecule has 2 heterocycles. The van der Waals surface area contributed by atoms with Gasteiger partial charge in [0.1, 0.15) is 5.78 Å². The highest BCUT2D eigenvalue weighted by Crippen LogP contribution is 2.27. The molecule has 1 fully saturated rings. The lowest BCUT2D eigenvalue weighted by atomic mass is 9.93. The molecule has 0 amide bonds. The maximum absolute atomic E-state index is 13.0. The van der Waals surface area contributed by atoms with Crippen LogP contribution in [0.2, 0.25) is 0 Å². The van der Waals surface area contributed by atoms with Crippen molar-refractivity contribution in [3.63, 3.8) is 0 Å². The number of ketones is 1. The van der Waals surface area contributed by atoms with Gasteiger partial charge in [0.2, 0.25) is 21.7 Å². The molecule has 0 radical (unpaired) electrons. The second-order valence-corrected chi connectivity index (χ2v) is 10.7. The van der Waals surface area contributed by atoms with Crippen LogP contribution in [0, 0.1) is 5.92 Å². The van der Waals surface area contributed by atoms with Gasteiger partial charge in [0.05, 0.1) is 4.90 Å². The Labute approximate surface area is 191 Å². The summed E-state index contributed by atoms with van der Waals surface area (Å²) in [7, 11) is -3.55. The predicted octanol–water partition coefficient (Wildman–Crippen LogP) is 5.02. The highest BCUT2D eigenvalue weighted by molar-refractivity contribution is 7.89. The van der Waals surface area contributed by atoms with Gasteiger partial charge in [-0.3, -0.25) is 0 Å². The number of hydrogen-bond acceptors (Lipinski definition) is 6. The molecule has 1 aromatic heterocycles. The third-order valence-electron chi connectivity index (χ3n) is 6.11. The molecule has 2 aromatic rings. The molecule has 3 rings (SSSR count). The van der Waals surface area contributed by atoms with Crippen LogP contribution < -0.4 is 0 Å². The van der Waals surface area contributed by atoms with Crippen LogP contribution in [0.5, 0.6) is 0 Å². The molecule has 1 aromatic carbocycles. The zero-order valence-corrected chi connectivity index (χ0v) is 20.1. The number of hydrogen-bond donors (Lipinski definition) is 0. The summed E-state index contributed by atoms with van der Waals surface area (Å²) in [5.41, 5.74) is 0.738. The van der Waals surface area contributed by atoms with Crippen molar-refractivity contribution >= 4 is 15.8 Å². The van der Waals surface area contributed by atoms with Gasteiger partial charge in [0.25, 0.3) is 0 Å². The fourth-order valence-corrected chi connectivity index (χ4v) is 5.69. The molecule has 1 aliphatic heterocycles. The monoisotopic (exact) mass is 461 g/mol. The first-order valence-corrected chi connectivity index (χ1v) is 13.3. The predicted molar refractivity (Wildman–Crippen MR) is 124 cm³/mol. The second kappa shape index (κ2) is 11.7. The van der Waals surface area contributed by atoms with E-state index in [0.29, 0.717) is 31.2 Å². The van der Waals surface area contributed by atoms with Crippen molar-refractivity contribution in [2.45, 2.75) is 83.0 Å². The molecule has 0 unspecified atom stereocenters. The van der Waals surface area contributed by atoms with E-state index in [1.54, 1.807) is 31.2 Å².